The first kappa shape index (κ1) is 24.3. The third-order valence-corrected chi connectivity index (χ3v) is 6.77. The predicted octanol–water partition coefficient (Wildman–Crippen LogP) is 4.19. The van der Waals surface area contributed by atoms with Crippen LogP contribution in [0.1, 0.15) is 17.2 Å². The molecule has 2 N–H and O–H groups in total. The molecular formula is C23H24ClFN2O4S. The van der Waals surface area contributed by atoms with Gasteiger partial charge in [0.15, 0.2) is 0 Å². The lowest BCUT2D eigenvalue weighted by Crippen LogP contribution is -2.46. The number of carboxylic acid groups (broad SMARTS) is 2. The van der Waals surface area contributed by atoms with Crippen molar-refractivity contribution in [3.05, 3.63) is 70.5 Å². The fourth-order valence-corrected chi connectivity index (χ4v) is 5.02. The number of hydrogen-bond donors (Lipinski definition) is 2. The number of likely N-dealkylation sites (N-methyl/N-ethyl adjacent to an activating group) is 1. The lowest BCUT2D eigenvalue weighted by Gasteiger charge is -2.38. The number of halogens is 2. The van der Waals surface area contributed by atoms with Gasteiger partial charge in [-0.3, -0.25) is 4.90 Å². The Bertz CT molecular complexity index is 1010. The Balaban J connectivity index is 0.000000312. The first-order valence-corrected chi connectivity index (χ1v) is 11.2. The second-order valence-corrected chi connectivity index (χ2v) is 9.13. The van der Waals surface area contributed by atoms with Crippen LogP contribution in [0.2, 0.25) is 5.02 Å². The molecule has 0 bridgehead atoms. The molecule has 170 valence electrons. The smallest absolute Gasteiger partial charge is 0.328 e. The largest absolute Gasteiger partial charge is 0.478 e. The zero-order chi connectivity index (χ0) is 23.3. The van der Waals surface area contributed by atoms with Gasteiger partial charge >= 0.3 is 11.9 Å². The minimum atomic E-state index is -1.26. The third kappa shape index (κ3) is 6.56. The van der Waals surface area contributed by atoms with Gasteiger partial charge in [-0.15, -0.1) is 0 Å². The van der Waals surface area contributed by atoms with E-state index in [2.05, 4.69) is 29.0 Å². The van der Waals surface area contributed by atoms with E-state index in [1.54, 1.807) is 23.9 Å². The number of rotatable bonds is 3. The van der Waals surface area contributed by atoms with Crippen LogP contribution in [0, 0.1) is 5.82 Å². The highest BCUT2D eigenvalue weighted by molar-refractivity contribution is 7.99. The normalized spacial score (nSPS) is 18.8. The van der Waals surface area contributed by atoms with Crippen molar-refractivity contribution in [2.75, 3.05) is 33.2 Å². The van der Waals surface area contributed by atoms with E-state index in [1.165, 1.54) is 16.0 Å². The van der Waals surface area contributed by atoms with Crippen molar-refractivity contribution >= 4 is 35.3 Å². The van der Waals surface area contributed by atoms with Crippen molar-refractivity contribution in [2.24, 2.45) is 0 Å². The molecule has 1 unspecified atom stereocenters. The Kier molecular flexibility index (Phi) is 8.31. The highest BCUT2D eigenvalue weighted by Gasteiger charge is 2.29. The fourth-order valence-electron chi connectivity index (χ4n) is 3.70. The number of carbonyl (C=O) groups is 2. The first-order valence-electron chi connectivity index (χ1n) is 10.0. The van der Waals surface area contributed by atoms with E-state index >= 15 is 0 Å². The van der Waals surface area contributed by atoms with Crippen molar-refractivity contribution in [2.45, 2.75) is 22.3 Å². The number of benzene rings is 2. The van der Waals surface area contributed by atoms with E-state index < -0.39 is 11.9 Å². The molecule has 2 aliphatic heterocycles. The van der Waals surface area contributed by atoms with Gasteiger partial charge < -0.3 is 15.1 Å². The lowest BCUT2D eigenvalue weighted by atomic mass is 9.96. The second kappa shape index (κ2) is 11.0. The van der Waals surface area contributed by atoms with E-state index in [9.17, 15) is 14.0 Å². The summed E-state index contributed by atoms with van der Waals surface area (Å²) in [6, 6.07) is 11.6. The van der Waals surface area contributed by atoms with Gasteiger partial charge in [0.2, 0.25) is 0 Å². The van der Waals surface area contributed by atoms with Gasteiger partial charge in [0.05, 0.1) is 0 Å². The molecule has 2 heterocycles. The van der Waals surface area contributed by atoms with Gasteiger partial charge in [-0.25, -0.2) is 14.0 Å². The molecule has 9 heteroatoms. The van der Waals surface area contributed by atoms with Crippen molar-refractivity contribution in [3.63, 3.8) is 0 Å². The SMILES string of the molecule is CN1CCN(C2Cc3ccc(F)cc3Sc3ccc(Cl)cc32)CC1.O=C(O)/C=C\C(=O)O. The predicted molar refractivity (Wildman–Crippen MR) is 122 cm³/mol. The summed E-state index contributed by atoms with van der Waals surface area (Å²) in [6.45, 7) is 4.26. The molecule has 4 rings (SSSR count). The zero-order valence-electron chi connectivity index (χ0n) is 17.5. The number of nitrogens with zero attached hydrogens (tertiary/aromatic N) is 2. The van der Waals surface area contributed by atoms with Crippen LogP contribution in [-0.4, -0.2) is 65.2 Å². The molecule has 2 aromatic carbocycles. The maximum Gasteiger partial charge on any atom is 0.328 e. The summed E-state index contributed by atoms with van der Waals surface area (Å²) in [5.41, 5.74) is 2.49. The number of aliphatic carboxylic acids is 2. The molecular weight excluding hydrogens is 455 g/mol. The molecule has 0 saturated carbocycles. The molecule has 1 saturated heterocycles. The van der Waals surface area contributed by atoms with Crippen LogP contribution in [0.5, 0.6) is 0 Å². The molecule has 32 heavy (non-hydrogen) atoms. The Morgan fingerprint density at radius 1 is 1.03 bits per heavy atom. The number of hydrogen-bond acceptors (Lipinski definition) is 5. The summed E-state index contributed by atoms with van der Waals surface area (Å²) in [4.78, 5) is 26.2. The fraction of sp³-hybridized carbons (Fsp3) is 0.304. The van der Waals surface area contributed by atoms with Crippen molar-refractivity contribution in [3.8, 4) is 0 Å². The molecule has 0 spiro atoms. The van der Waals surface area contributed by atoms with Gasteiger partial charge in [-0.1, -0.05) is 29.4 Å². The maximum absolute atomic E-state index is 13.7. The van der Waals surface area contributed by atoms with Crippen molar-refractivity contribution < 1.29 is 24.2 Å². The molecule has 0 amide bonds. The van der Waals surface area contributed by atoms with Gasteiger partial charge in [0.25, 0.3) is 0 Å². The first-order chi connectivity index (χ1) is 15.2. The minimum Gasteiger partial charge on any atom is -0.478 e. The average molecular weight is 479 g/mol. The van der Waals surface area contributed by atoms with Crippen LogP contribution >= 0.6 is 23.4 Å². The van der Waals surface area contributed by atoms with Crippen LogP contribution in [0.25, 0.3) is 0 Å². The molecule has 2 aromatic rings. The van der Waals surface area contributed by atoms with E-state index in [0.717, 1.165) is 42.5 Å². The minimum absolute atomic E-state index is 0.171. The highest BCUT2D eigenvalue weighted by atomic mass is 35.5. The van der Waals surface area contributed by atoms with Crippen LogP contribution in [0.4, 0.5) is 4.39 Å². The Morgan fingerprint density at radius 3 is 2.31 bits per heavy atom. The van der Waals surface area contributed by atoms with Crippen LogP contribution < -0.4 is 0 Å². The summed E-state index contributed by atoms with van der Waals surface area (Å²) in [5.74, 6) is -2.69. The molecule has 1 fully saturated rings. The van der Waals surface area contributed by atoms with Gasteiger partial charge in [-0.2, -0.15) is 0 Å². The second-order valence-electron chi connectivity index (χ2n) is 7.61. The summed E-state index contributed by atoms with van der Waals surface area (Å²) in [5, 5.41) is 16.4. The third-order valence-electron chi connectivity index (χ3n) is 5.34. The molecule has 2 aliphatic rings. The highest BCUT2D eigenvalue weighted by Crippen LogP contribution is 2.44. The average Bonchev–Trinajstić information content (AvgIpc) is 2.89. The summed E-state index contributed by atoms with van der Waals surface area (Å²) < 4.78 is 13.7. The number of piperazine rings is 1. The summed E-state index contributed by atoms with van der Waals surface area (Å²) in [7, 11) is 2.17. The maximum atomic E-state index is 13.7. The van der Waals surface area contributed by atoms with Gasteiger partial charge in [0.1, 0.15) is 5.82 Å². The summed E-state index contributed by atoms with van der Waals surface area (Å²) >= 11 is 7.96. The summed E-state index contributed by atoms with van der Waals surface area (Å²) in [6.07, 6.45) is 2.02. The Labute approximate surface area is 195 Å². The Morgan fingerprint density at radius 2 is 1.69 bits per heavy atom. The zero-order valence-corrected chi connectivity index (χ0v) is 19.1. The van der Waals surface area contributed by atoms with Crippen LogP contribution in [0.15, 0.2) is 58.3 Å². The van der Waals surface area contributed by atoms with Gasteiger partial charge in [-0.05, 0) is 54.9 Å². The monoisotopic (exact) mass is 478 g/mol. The Hall–Kier alpha value is -2.39. The molecule has 0 aromatic heterocycles. The molecule has 1 atom stereocenters. The topological polar surface area (TPSA) is 81.1 Å². The van der Waals surface area contributed by atoms with E-state index in [0.29, 0.717) is 18.2 Å². The standard InChI is InChI=1S/C19H20ClFN2S.C4H4O4/c1-22-6-8-23(9-7-22)17-10-13-2-4-15(21)12-19(13)24-18-5-3-14(20)11-16(17)18;5-3(6)1-2-4(7)8/h2-5,11-12,17H,6-10H2,1H3;1-2H,(H,5,6)(H,7,8)/b;2-1-. The molecule has 0 aliphatic carbocycles. The number of fused-ring (bicyclic) bond motifs is 2. The van der Waals surface area contributed by atoms with E-state index in [4.69, 9.17) is 21.8 Å². The van der Waals surface area contributed by atoms with Crippen LogP contribution in [-0.2, 0) is 16.0 Å². The van der Waals surface area contributed by atoms with Crippen LogP contribution in [0.3, 0.4) is 0 Å². The van der Waals surface area contributed by atoms with E-state index in [-0.39, 0.29) is 5.82 Å². The van der Waals surface area contributed by atoms with Crippen molar-refractivity contribution in [1.29, 1.82) is 0 Å². The van der Waals surface area contributed by atoms with Crippen molar-refractivity contribution in [1.82, 2.24) is 9.80 Å². The number of carboxylic acids is 2. The molecule has 6 nitrogen and oxygen atoms in total. The lowest BCUT2D eigenvalue weighted by molar-refractivity contribution is -0.134. The van der Waals surface area contributed by atoms with E-state index in [1.807, 2.05) is 12.1 Å². The quantitative estimate of drug-likeness (QED) is 0.640. The van der Waals surface area contributed by atoms with Gasteiger partial charge in [0, 0.05) is 59.2 Å². The molecule has 0 radical (unpaired) electrons.